The summed E-state index contributed by atoms with van der Waals surface area (Å²) in [6, 6.07) is 10.5. The van der Waals surface area contributed by atoms with Crippen LogP contribution in [0.15, 0.2) is 42.5 Å². The van der Waals surface area contributed by atoms with Gasteiger partial charge < -0.3 is 10.1 Å². The van der Waals surface area contributed by atoms with Crippen molar-refractivity contribution in [2.45, 2.75) is 32.9 Å². The fourth-order valence-corrected chi connectivity index (χ4v) is 2.02. The van der Waals surface area contributed by atoms with E-state index in [9.17, 15) is 13.6 Å². The average Bonchev–Trinajstić information content (AvgIpc) is 2.45. The van der Waals surface area contributed by atoms with Gasteiger partial charge in [0.15, 0.2) is 0 Å². The Morgan fingerprint density at radius 2 is 1.62 bits per heavy atom. The van der Waals surface area contributed by atoms with E-state index >= 15 is 0 Å². The van der Waals surface area contributed by atoms with Crippen LogP contribution in [0.1, 0.15) is 26.3 Å². The van der Waals surface area contributed by atoms with Crippen LogP contribution >= 0.6 is 0 Å². The van der Waals surface area contributed by atoms with E-state index in [-0.39, 0.29) is 12.1 Å². The number of amides is 1. The zero-order valence-corrected chi connectivity index (χ0v) is 13.8. The normalized spacial score (nSPS) is 11.0. The number of nitrogens with one attached hydrogen (secondary N) is 2. The molecule has 0 bridgehead atoms. The van der Waals surface area contributed by atoms with Gasteiger partial charge in [0, 0.05) is 23.5 Å². The lowest BCUT2D eigenvalue weighted by molar-refractivity contribution is 0.0636. The first-order valence-electron chi connectivity index (χ1n) is 7.51. The van der Waals surface area contributed by atoms with Crippen LogP contribution in [0, 0.1) is 11.6 Å². The summed E-state index contributed by atoms with van der Waals surface area (Å²) < 4.78 is 32.4. The molecular formula is C18H20F2N2O2. The Labute approximate surface area is 139 Å². The molecule has 0 aliphatic rings. The monoisotopic (exact) mass is 334 g/mol. The molecule has 2 rings (SSSR count). The van der Waals surface area contributed by atoms with E-state index in [1.165, 1.54) is 18.2 Å². The van der Waals surface area contributed by atoms with Crippen molar-refractivity contribution in [3.8, 4) is 0 Å². The largest absolute Gasteiger partial charge is 0.444 e. The standard InChI is InChI=1S/C18H20F2N2O2/c1-18(2,3)24-17(23)22-13-7-4-6-12(10-13)21-11-14-15(19)8-5-9-16(14)20/h4-10,21H,11H2,1-3H3,(H,22,23). The van der Waals surface area contributed by atoms with Gasteiger partial charge in [0.05, 0.1) is 0 Å². The number of carbonyl (C=O) groups excluding carboxylic acids is 1. The fraction of sp³-hybridized carbons (Fsp3) is 0.278. The van der Waals surface area contributed by atoms with Crippen LogP contribution in [-0.2, 0) is 11.3 Å². The molecule has 0 fully saturated rings. The topological polar surface area (TPSA) is 50.4 Å². The number of benzene rings is 2. The molecule has 0 saturated heterocycles. The van der Waals surface area contributed by atoms with Crippen molar-refractivity contribution < 1.29 is 18.3 Å². The van der Waals surface area contributed by atoms with Gasteiger partial charge in [-0.2, -0.15) is 0 Å². The lowest BCUT2D eigenvalue weighted by Gasteiger charge is -2.19. The third kappa shape index (κ3) is 5.22. The fourth-order valence-electron chi connectivity index (χ4n) is 2.02. The maximum Gasteiger partial charge on any atom is 0.412 e. The van der Waals surface area contributed by atoms with Crippen LogP contribution in [-0.4, -0.2) is 11.7 Å². The van der Waals surface area contributed by atoms with Crippen molar-refractivity contribution >= 4 is 17.5 Å². The first kappa shape index (κ1) is 17.7. The predicted octanol–water partition coefficient (Wildman–Crippen LogP) is 4.92. The highest BCUT2D eigenvalue weighted by molar-refractivity contribution is 5.85. The summed E-state index contributed by atoms with van der Waals surface area (Å²) in [5.74, 6) is -1.21. The van der Waals surface area contributed by atoms with Crippen LogP contribution < -0.4 is 10.6 Å². The Morgan fingerprint density at radius 3 is 2.25 bits per heavy atom. The van der Waals surface area contributed by atoms with Crippen molar-refractivity contribution in [2.75, 3.05) is 10.6 Å². The van der Waals surface area contributed by atoms with Crippen molar-refractivity contribution in [3.05, 3.63) is 59.7 Å². The smallest absolute Gasteiger partial charge is 0.412 e. The zero-order valence-electron chi connectivity index (χ0n) is 13.8. The molecule has 6 heteroatoms. The van der Waals surface area contributed by atoms with E-state index in [2.05, 4.69) is 10.6 Å². The van der Waals surface area contributed by atoms with Crippen LogP contribution in [0.3, 0.4) is 0 Å². The summed E-state index contributed by atoms with van der Waals surface area (Å²) in [4.78, 5) is 11.8. The molecule has 0 radical (unpaired) electrons. The van der Waals surface area contributed by atoms with E-state index in [0.29, 0.717) is 11.4 Å². The molecule has 0 saturated carbocycles. The van der Waals surface area contributed by atoms with E-state index in [1.54, 1.807) is 45.0 Å². The molecule has 1 amide bonds. The number of hydrogen-bond acceptors (Lipinski definition) is 3. The molecule has 0 atom stereocenters. The highest BCUT2D eigenvalue weighted by Gasteiger charge is 2.16. The minimum Gasteiger partial charge on any atom is -0.444 e. The SMILES string of the molecule is CC(C)(C)OC(=O)Nc1cccc(NCc2c(F)cccc2F)c1. The third-order valence-electron chi connectivity index (χ3n) is 3.04. The molecule has 128 valence electrons. The Balaban J connectivity index is 2.02. The molecule has 0 unspecified atom stereocenters. The first-order chi connectivity index (χ1) is 11.2. The van der Waals surface area contributed by atoms with Crippen LogP contribution in [0.4, 0.5) is 25.0 Å². The van der Waals surface area contributed by atoms with E-state index < -0.39 is 23.3 Å². The molecule has 2 N–H and O–H groups in total. The third-order valence-corrected chi connectivity index (χ3v) is 3.04. The number of halogens is 2. The highest BCUT2D eigenvalue weighted by Crippen LogP contribution is 2.19. The molecular weight excluding hydrogens is 314 g/mol. The van der Waals surface area contributed by atoms with E-state index in [0.717, 1.165) is 0 Å². The Hall–Kier alpha value is -2.63. The van der Waals surface area contributed by atoms with Crippen molar-refractivity contribution in [1.29, 1.82) is 0 Å². The van der Waals surface area contributed by atoms with Gasteiger partial charge in [-0.1, -0.05) is 12.1 Å². The van der Waals surface area contributed by atoms with Crippen molar-refractivity contribution in [2.24, 2.45) is 0 Å². The second-order valence-electron chi connectivity index (χ2n) is 6.26. The van der Waals surface area contributed by atoms with Gasteiger partial charge in [0.1, 0.15) is 17.2 Å². The Kier molecular flexibility index (Phi) is 5.39. The molecule has 4 nitrogen and oxygen atoms in total. The lowest BCUT2D eigenvalue weighted by atomic mass is 10.2. The van der Waals surface area contributed by atoms with E-state index in [1.807, 2.05) is 0 Å². The molecule has 0 aliphatic heterocycles. The van der Waals surface area contributed by atoms with Gasteiger partial charge in [0.2, 0.25) is 0 Å². The summed E-state index contributed by atoms with van der Waals surface area (Å²) in [6.45, 7) is 5.31. The van der Waals surface area contributed by atoms with Crippen LogP contribution in [0.5, 0.6) is 0 Å². The lowest BCUT2D eigenvalue weighted by Crippen LogP contribution is -2.27. The van der Waals surface area contributed by atoms with Gasteiger partial charge in [0.25, 0.3) is 0 Å². The quantitative estimate of drug-likeness (QED) is 0.834. The van der Waals surface area contributed by atoms with Gasteiger partial charge >= 0.3 is 6.09 Å². The van der Waals surface area contributed by atoms with Crippen molar-refractivity contribution in [3.63, 3.8) is 0 Å². The summed E-state index contributed by atoms with van der Waals surface area (Å²) >= 11 is 0. The maximum absolute atomic E-state index is 13.6. The second-order valence-corrected chi connectivity index (χ2v) is 6.26. The second kappa shape index (κ2) is 7.29. The number of carbonyl (C=O) groups is 1. The number of ether oxygens (including phenoxy) is 1. The summed E-state index contributed by atoms with van der Waals surface area (Å²) in [5.41, 5.74) is 0.500. The Bertz CT molecular complexity index is 707. The number of rotatable bonds is 4. The summed E-state index contributed by atoms with van der Waals surface area (Å²) in [7, 11) is 0. The molecule has 0 spiro atoms. The maximum atomic E-state index is 13.6. The van der Waals surface area contributed by atoms with Gasteiger partial charge in [-0.15, -0.1) is 0 Å². The summed E-state index contributed by atoms with van der Waals surface area (Å²) in [5, 5.41) is 5.54. The predicted molar refractivity (Wildman–Crippen MR) is 90.0 cm³/mol. The number of anilines is 2. The Morgan fingerprint density at radius 1 is 1.04 bits per heavy atom. The van der Waals surface area contributed by atoms with Crippen molar-refractivity contribution in [1.82, 2.24) is 0 Å². The van der Waals surface area contributed by atoms with Crippen LogP contribution in [0.25, 0.3) is 0 Å². The summed E-state index contributed by atoms with van der Waals surface area (Å²) in [6.07, 6.45) is -0.570. The molecule has 2 aromatic carbocycles. The van der Waals surface area contributed by atoms with Gasteiger partial charge in [-0.3, -0.25) is 5.32 Å². The van der Waals surface area contributed by atoms with Gasteiger partial charge in [-0.25, -0.2) is 13.6 Å². The minimum atomic E-state index is -0.606. The molecule has 0 aromatic heterocycles. The van der Waals surface area contributed by atoms with E-state index in [4.69, 9.17) is 4.74 Å². The minimum absolute atomic E-state index is 0.00556. The van der Waals surface area contributed by atoms with Gasteiger partial charge in [-0.05, 0) is 51.1 Å². The zero-order chi connectivity index (χ0) is 17.7. The molecule has 0 aliphatic carbocycles. The number of hydrogen-bond donors (Lipinski definition) is 2. The molecule has 2 aromatic rings. The molecule has 24 heavy (non-hydrogen) atoms. The first-order valence-corrected chi connectivity index (χ1v) is 7.51. The highest BCUT2D eigenvalue weighted by atomic mass is 19.1. The van der Waals surface area contributed by atoms with Crippen LogP contribution in [0.2, 0.25) is 0 Å². The average molecular weight is 334 g/mol. The molecule has 0 heterocycles.